The zero-order valence-electron chi connectivity index (χ0n) is 8.84. The fourth-order valence-electron chi connectivity index (χ4n) is 1.43. The third-order valence-electron chi connectivity index (χ3n) is 2.35. The van der Waals surface area contributed by atoms with Crippen LogP contribution in [0.4, 0.5) is 13.2 Å². The third-order valence-corrected chi connectivity index (χ3v) is 4.27. The van der Waals surface area contributed by atoms with E-state index in [1.807, 2.05) is 0 Å². The fraction of sp³-hybridized carbons (Fsp3) is 0.0833. The van der Waals surface area contributed by atoms with Crippen LogP contribution in [0, 0.1) is 17.5 Å². The first-order chi connectivity index (χ1) is 8.50. The number of hydrogen-bond donors (Lipinski definition) is 0. The van der Waals surface area contributed by atoms with Crippen molar-refractivity contribution in [2.24, 2.45) is 0 Å². The highest BCUT2D eigenvalue weighted by Gasteiger charge is 2.19. The molecular weight excluding hydrogens is 329 g/mol. The van der Waals surface area contributed by atoms with Gasteiger partial charge in [0.1, 0.15) is 0 Å². The first kappa shape index (κ1) is 13.3. The van der Waals surface area contributed by atoms with Gasteiger partial charge in [-0.05, 0) is 39.5 Å². The summed E-state index contributed by atoms with van der Waals surface area (Å²) >= 11 is 4.57. The molecule has 2 rings (SSSR count). The van der Waals surface area contributed by atoms with Gasteiger partial charge in [0, 0.05) is 15.8 Å². The van der Waals surface area contributed by atoms with Crippen molar-refractivity contribution < 1.29 is 18.0 Å². The second-order valence-electron chi connectivity index (χ2n) is 3.51. The van der Waals surface area contributed by atoms with Gasteiger partial charge in [-0.15, -0.1) is 11.3 Å². The second kappa shape index (κ2) is 5.24. The van der Waals surface area contributed by atoms with Crippen LogP contribution in [0.3, 0.4) is 0 Å². The SMILES string of the molecule is O=C(Cc1sccc1Br)c1ccc(F)c(F)c1F. The molecule has 94 valence electrons. The Labute approximate surface area is 113 Å². The summed E-state index contributed by atoms with van der Waals surface area (Å²) in [6, 6.07) is 3.46. The predicted octanol–water partition coefficient (Wildman–Crippen LogP) is 4.35. The molecule has 0 saturated heterocycles. The van der Waals surface area contributed by atoms with Gasteiger partial charge in [-0.3, -0.25) is 4.79 Å². The molecule has 0 aliphatic heterocycles. The number of ketones is 1. The summed E-state index contributed by atoms with van der Waals surface area (Å²) in [5.74, 6) is -4.95. The van der Waals surface area contributed by atoms with Crippen LogP contribution in [0.15, 0.2) is 28.1 Å². The van der Waals surface area contributed by atoms with Gasteiger partial charge in [0.2, 0.25) is 0 Å². The van der Waals surface area contributed by atoms with Crippen LogP contribution < -0.4 is 0 Å². The molecule has 0 atom stereocenters. The lowest BCUT2D eigenvalue weighted by atomic mass is 10.1. The Morgan fingerprint density at radius 3 is 2.50 bits per heavy atom. The maximum atomic E-state index is 13.4. The number of carbonyl (C=O) groups excluding carboxylic acids is 1. The third kappa shape index (κ3) is 2.49. The maximum absolute atomic E-state index is 13.4. The van der Waals surface area contributed by atoms with Crippen molar-refractivity contribution in [3.8, 4) is 0 Å². The van der Waals surface area contributed by atoms with Crippen molar-refractivity contribution in [3.63, 3.8) is 0 Å². The van der Waals surface area contributed by atoms with E-state index in [0.29, 0.717) is 4.88 Å². The van der Waals surface area contributed by atoms with E-state index >= 15 is 0 Å². The summed E-state index contributed by atoms with van der Waals surface area (Å²) in [6.45, 7) is 0. The number of hydrogen-bond acceptors (Lipinski definition) is 2. The predicted molar refractivity (Wildman–Crippen MR) is 66.4 cm³/mol. The molecule has 0 aliphatic rings. The van der Waals surface area contributed by atoms with Crippen molar-refractivity contribution in [2.75, 3.05) is 0 Å². The van der Waals surface area contributed by atoms with E-state index in [2.05, 4.69) is 15.9 Å². The number of rotatable bonds is 3. The second-order valence-corrected chi connectivity index (χ2v) is 5.37. The highest BCUT2D eigenvalue weighted by Crippen LogP contribution is 2.25. The lowest BCUT2D eigenvalue weighted by molar-refractivity contribution is 0.0988. The number of halogens is 4. The van der Waals surface area contributed by atoms with E-state index in [4.69, 9.17) is 0 Å². The van der Waals surface area contributed by atoms with E-state index in [-0.39, 0.29) is 6.42 Å². The molecule has 0 bridgehead atoms. The minimum atomic E-state index is -1.62. The molecule has 1 heterocycles. The summed E-state index contributed by atoms with van der Waals surface area (Å²) in [5.41, 5.74) is -0.436. The first-order valence-corrected chi connectivity index (χ1v) is 6.56. The topological polar surface area (TPSA) is 17.1 Å². The lowest BCUT2D eigenvalue weighted by Crippen LogP contribution is -2.08. The number of carbonyl (C=O) groups is 1. The molecule has 1 aromatic heterocycles. The Morgan fingerprint density at radius 2 is 1.89 bits per heavy atom. The van der Waals surface area contributed by atoms with Gasteiger partial charge in [-0.2, -0.15) is 0 Å². The Morgan fingerprint density at radius 1 is 1.17 bits per heavy atom. The van der Waals surface area contributed by atoms with E-state index in [1.165, 1.54) is 11.3 Å². The van der Waals surface area contributed by atoms with Crippen LogP contribution in [0.2, 0.25) is 0 Å². The van der Waals surface area contributed by atoms with Gasteiger partial charge in [0.15, 0.2) is 23.2 Å². The van der Waals surface area contributed by atoms with E-state index in [1.54, 1.807) is 11.4 Å². The van der Waals surface area contributed by atoms with Crippen LogP contribution in [0.25, 0.3) is 0 Å². The zero-order valence-corrected chi connectivity index (χ0v) is 11.2. The molecular formula is C12H6BrF3OS. The fourth-order valence-corrected chi connectivity index (χ4v) is 2.92. The number of benzene rings is 1. The average Bonchev–Trinajstić information content (AvgIpc) is 2.72. The highest BCUT2D eigenvalue weighted by atomic mass is 79.9. The van der Waals surface area contributed by atoms with E-state index in [0.717, 1.165) is 16.6 Å². The van der Waals surface area contributed by atoms with Crippen molar-refractivity contribution in [1.29, 1.82) is 0 Å². The van der Waals surface area contributed by atoms with Crippen molar-refractivity contribution in [2.45, 2.75) is 6.42 Å². The van der Waals surface area contributed by atoms with Crippen LogP contribution in [-0.4, -0.2) is 5.78 Å². The minimum Gasteiger partial charge on any atom is -0.294 e. The maximum Gasteiger partial charge on any atom is 0.195 e. The number of Topliss-reactive ketones (excluding diaryl/α,β-unsaturated/α-hetero) is 1. The molecule has 0 saturated carbocycles. The highest BCUT2D eigenvalue weighted by molar-refractivity contribution is 9.10. The summed E-state index contributed by atoms with van der Waals surface area (Å²) in [7, 11) is 0. The standard InChI is InChI=1S/C12H6BrF3OS/c13-7-3-4-18-10(7)5-9(17)6-1-2-8(14)12(16)11(6)15/h1-4H,5H2. The number of thiophene rings is 1. The van der Waals surface area contributed by atoms with Crippen LogP contribution in [-0.2, 0) is 6.42 Å². The lowest BCUT2D eigenvalue weighted by Gasteiger charge is -2.03. The molecule has 6 heteroatoms. The molecule has 0 aliphatic carbocycles. The first-order valence-electron chi connectivity index (χ1n) is 4.89. The van der Waals surface area contributed by atoms with Crippen molar-refractivity contribution in [1.82, 2.24) is 0 Å². The van der Waals surface area contributed by atoms with Crippen molar-refractivity contribution >= 4 is 33.0 Å². The molecule has 0 N–H and O–H groups in total. The summed E-state index contributed by atoms with van der Waals surface area (Å²) in [6.07, 6.45) is -0.0553. The summed E-state index contributed by atoms with van der Waals surface area (Å²) in [4.78, 5) is 12.5. The van der Waals surface area contributed by atoms with Crippen LogP contribution >= 0.6 is 27.3 Å². The summed E-state index contributed by atoms with van der Waals surface area (Å²) < 4.78 is 39.9. The quantitative estimate of drug-likeness (QED) is 0.602. The molecule has 0 radical (unpaired) electrons. The molecule has 1 aromatic carbocycles. The van der Waals surface area contributed by atoms with Gasteiger partial charge < -0.3 is 0 Å². The Hall–Kier alpha value is -1.14. The van der Waals surface area contributed by atoms with Gasteiger partial charge in [0.25, 0.3) is 0 Å². The molecule has 1 nitrogen and oxygen atoms in total. The summed E-state index contributed by atoms with van der Waals surface area (Å²) in [5, 5.41) is 1.77. The van der Waals surface area contributed by atoms with Crippen molar-refractivity contribution in [3.05, 3.63) is 55.9 Å². The van der Waals surface area contributed by atoms with Gasteiger partial charge >= 0.3 is 0 Å². The van der Waals surface area contributed by atoms with Gasteiger partial charge in [0.05, 0.1) is 5.56 Å². The van der Waals surface area contributed by atoms with E-state index < -0.39 is 28.8 Å². The minimum absolute atomic E-state index is 0.0553. The smallest absolute Gasteiger partial charge is 0.195 e. The molecule has 0 unspecified atom stereocenters. The Bertz CT molecular complexity index is 609. The molecule has 18 heavy (non-hydrogen) atoms. The Kier molecular flexibility index (Phi) is 3.87. The van der Waals surface area contributed by atoms with Crippen LogP contribution in [0.5, 0.6) is 0 Å². The van der Waals surface area contributed by atoms with Crippen LogP contribution in [0.1, 0.15) is 15.2 Å². The van der Waals surface area contributed by atoms with E-state index in [9.17, 15) is 18.0 Å². The largest absolute Gasteiger partial charge is 0.294 e. The normalized spacial score (nSPS) is 10.7. The van der Waals surface area contributed by atoms with Gasteiger partial charge in [-0.25, -0.2) is 13.2 Å². The molecule has 0 fully saturated rings. The van der Waals surface area contributed by atoms with Gasteiger partial charge in [-0.1, -0.05) is 0 Å². The monoisotopic (exact) mass is 334 g/mol. The molecule has 2 aromatic rings. The molecule has 0 amide bonds. The molecule has 0 spiro atoms. The zero-order chi connectivity index (χ0) is 13.3. The Balaban J connectivity index is 2.30. The average molecular weight is 335 g/mol.